The molecule has 0 radical (unpaired) electrons. The van der Waals surface area contributed by atoms with E-state index in [1.54, 1.807) is 6.20 Å². The first-order valence-corrected chi connectivity index (χ1v) is 5.25. The number of hydrogen-bond acceptors (Lipinski definition) is 5. The Labute approximate surface area is 93.5 Å². The molecule has 0 saturated carbocycles. The molecule has 0 aliphatic rings. The molecular formula is C10H14N6. The Balaban J connectivity index is 1.89. The van der Waals surface area contributed by atoms with Crippen LogP contribution in [0.4, 0.5) is 0 Å². The van der Waals surface area contributed by atoms with Gasteiger partial charge in [-0.25, -0.2) is 0 Å². The molecule has 2 rings (SSSR count). The third-order valence-electron chi connectivity index (χ3n) is 2.15. The molecule has 0 aromatic carbocycles. The average Bonchev–Trinajstić information content (AvgIpc) is 2.76. The Bertz CT molecular complexity index is 424. The normalized spacial score (nSPS) is 10.6. The maximum Gasteiger partial charge on any atom is 0.175 e. The molecule has 0 bridgehead atoms. The van der Waals surface area contributed by atoms with E-state index in [9.17, 15) is 0 Å². The van der Waals surface area contributed by atoms with Gasteiger partial charge in [0.15, 0.2) is 5.82 Å². The summed E-state index contributed by atoms with van der Waals surface area (Å²) in [6, 6.07) is 5.87. The van der Waals surface area contributed by atoms with Crippen molar-refractivity contribution in [2.45, 2.75) is 19.4 Å². The highest BCUT2D eigenvalue weighted by molar-refractivity contribution is 5.04. The summed E-state index contributed by atoms with van der Waals surface area (Å²) in [5.41, 5.74) is 6.44. The van der Waals surface area contributed by atoms with Crippen LogP contribution in [0.5, 0.6) is 0 Å². The lowest BCUT2D eigenvalue weighted by Gasteiger charge is -1.95. The van der Waals surface area contributed by atoms with Gasteiger partial charge >= 0.3 is 0 Å². The lowest BCUT2D eigenvalue weighted by molar-refractivity contribution is 0.528. The minimum absolute atomic E-state index is 0.524. The quantitative estimate of drug-likeness (QED) is 0.752. The van der Waals surface area contributed by atoms with E-state index in [4.69, 9.17) is 5.73 Å². The molecule has 0 unspecified atom stereocenters. The van der Waals surface area contributed by atoms with Crippen molar-refractivity contribution in [3.8, 4) is 0 Å². The highest BCUT2D eigenvalue weighted by Gasteiger charge is 2.02. The van der Waals surface area contributed by atoms with Crippen molar-refractivity contribution < 1.29 is 0 Å². The summed E-state index contributed by atoms with van der Waals surface area (Å²) >= 11 is 0. The number of hydrogen-bond donors (Lipinski definition) is 1. The van der Waals surface area contributed by atoms with Crippen molar-refractivity contribution >= 4 is 0 Å². The van der Waals surface area contributed by atoms with Crippen LogP contribution in [0.15, 0.2) is 24.4 Å². The second-order valence-corrected chi connectivity index (χ2v) is 3.41. The summed E-state index contributed by atoms with van der Waals surface area (Å²) in [6.45, 7) is 1.13. The summed E-state index contributed by atoms with van der Waals surface area (Å²) in [5, 5.41) is 12.0. The Morgan fingerprint density at radius 2 is 2.19 bits per heavy atom. The maximum absolute atomic E-state index is 5.40. The van der Waals surface area contributed by atoms with Crippen LogP contribution in [0.2, 0.25) is 0 Å². The number of rotatable bonds is 5. The molecule has 0 amide bonds. The molecule has 16 heavy (non-hydrogen) atoms. The van der Waals surface area contributed by atoms with Gasteiger partial charge in [-0.05, 0) is 23.8 Å². The molecule has 0 aliphatic carbocycles. The fourth-order valence-electron chi connectivity index (χ4n) is 1.37. The van der Waals surface area contributed by atoms with Crippen LogP contribution in [0.25, 0.3) is 0 Å². The summed E-state index contributed by atoms with van der Waals surface area (Å²) in [4.78, 5) is 5.76. The van der Waals surface area contributed by atoms with Crippen LogP contribution in [-0.4, -0.2) is 31.7 Å². The van der Waals surface area contributed by atoms with Crippen LogP contribution >= 0.6 is 0 Å². The number of tetrazole rings is 1. The summed E-state index contributed by atoms with van der Waals surface area (Å²) in [5.74, 6) is 0.735. The predicted molar refractivity (Wildman–Crippen MR) is 58.5 cm³/mol. The van der Waals surface area contributed by atoms with Gasteiger partial charge in [0.2, 0.25) is 0 Å². The molecule has 0 saturated heterocycles. The van der Waals surface area contributed by atoms with E-state index in [0.29, 0.717) is 13.1 Å². The Hall–Kier alpha value is -1.82. The molecule has 6 heteroatoms. The van der Waals surface area contributed by atoms with E-state index in [2.05, 4.69) is 20.4 Å². The smallest absolute Gasteiger partial charge is 0.175 e. The molecule has 0 fully saturated rings. The van der Waals surface area contributed by atoms with Gasteiger partial charge in [0.1, 0.15) is 0 Å². The van der Waals surface area contributed by atoms with E-state index in [1.165, 1.54) is 4.80 Å². The minimum Gasteiger partial charge on any atom is -0.329 e. The lowest BCUT2D eigenvalue weighted by atomic mass is 10.2. The second kappa shape index (κ2) is 5.32. The first kappa shape index (κ1) is 10.7. The van der Waals surface area contributed by atoms with Crippen molar-refractivity contribution in [3.05, 3.63) is 35.9 Å². The number of aryl methyl sites for hydroxylation is 2. The lowest BCUT2D eigenvalue weighted by Crippen LogP contribution is -2.12. The van der Waals surface area contributed by atoms with Crippen molar-refractivity contribution in [2.24, 2.45) is 5.73 Å². The van der Waals surface area contributed by atoms with Gasteiger partial charge in [0.25, 0.3) is 0 Å². The zero-order valence-electron chi connectivity index (χ0n) is 8.95. The molecule has 0 atom stereocenters. The summed E-state index contributed by atoms with van der Waals surface area (Å²) < 4.78 is 0. The average molecular weight is 218 g/mol. The molecule has 0 aliphatic heterocycles. The third-order valence-corrected chi connectivity index (χ3v) is 2.15. The van der Waals surface area contributed by atoms with Crippen molar-refractivity contribution in [1.29, 1.82) is 0 Å². The molecular weight excluding hydrogens is 204 g/mol. The number of nitrogens with two attached hydrogens (primary N) is 1. The number of pyridine rings is 1. The van der Waals surface area contributed by atoms with Crippen molar-refractivity contribution in [2.75, 3.05) is 6.54 Å². The fourth-order valence-corrected chi connectivity index (χ4v) is 1.37. The first-order chi connectivity index (χ1) is 7.88. The minimum atomic E-state index is 0.524. The second-order valence-electron chi connectivity index (χ2n) is 3.41. The van der Waals surface area contributed by atoms with Crippen molar-refractivity contribution in [3.63, 3.8) is 0 Å². The van der Waals surface area contributed by atoms with Gasteiger partial charge in [-0.1, -0.05) is 6.07 Å². The van der Waals surface area contributed by atoms with Crippen LogP contribution < -0.4 is 5.73 Å². The van der Waals surface area contributed by atoms with Gasteiger partial charge in [-0.3, -0.25) is 4.98 Å². The van der Waals surface area contributed by atoms with E-state index < -0.39 is 0 Å². The Morgan fingerprint density at radius 3 is 2.94 bits per heavy atom. The largest absolute Gasteiger partial charge is 0.329 e. The van der Waals surface area contributed by atoms with Gasteiger partial charge in [-0.15, -0.1) is 10.2 Å². The zero-order chi connectivity index (χ0) is 11.2. The van der Waals surface area contributed by atoms with E-state index in [1.807, 2.05) is 18.2 Å². The zero-order valence-corrected chi connectivity index (χ0v) is 8.95. The SMILES string of the molecule is NCCn1nnc(CCc2ccccn2)n1. The fraction of sp³-hybridized carbons (Fsp3) is 0.400. The molecule has 6 nitrogen and oxygen atoms in total. The molecule has 2 aromatic rings. The molecule has 2 aromatic heterocycles. The van der Waals surface area contributed by atoms with Crippen LogP contribution in [-0.2, 0) is 19.4 Å². The van der Waals surface area contributed by atoms with Gasteiger partial charge in [0, 0.05) is 24.9 Å². The first-order valence-electron chi connectivity index (χ1n) is 5.25. The van der Waals surface area contributed by atoms with Crippen LogP contribution in [0, 0.1) is 0 Å². The van der Waals surface area contributed by atoms with Crippen LogP contribution in [0.3, 0.4) is 0 Å². The van der Waals surface area contributed by atoms with E-state index in [-0.39, 0.29) is 0 Å². The monoisotopic (exact) mass is 218 g/mol. The topological polar surface area (TPSA) is 82.5 Å². The number of nitrogens with zero attached hydrogens (tertiary/aromatic N) is 5. The summed E-state index contributed by atoms with van der Waals surface area (Å²) in [7, 11) is 0. The van der Waals surface area contributed by atoms with Crippen LogP contribution in [0.1, 0.15) is 11.5 Å². The number of aromatic nitrogens is 5. The molecule has 0 spiro atoms. The Kier molecular flexibility index (Phi) is 3.55. The van der Waals surface area contributed by atoms with E-state index >= 15 is 0 Å². The van der Waals surface area contributed by atoms with Gasteiger partial charge in [-0.2, -0.15) is 4.80 Å². The molecule has 84 valence electrons. The molecule has 2 N–H and O–H groups in total. The van der Waals surface area contributed by atoms with Crippen molar-refractivity contribution in [1.82, 2.24) is 25.2 Å². The highest BCUT2D eigenvalue weighted by atomic mass is 15.6. The summed E-state index contributed by atoms with van der Waals surface area (Å²) in [6.07, 6.45) is 3.37. The Morgan fingerprint density at radius 1 is 1.25 bits per heavy atom. The standard InChI is InChI=1S/C10H14N6/c11-6-8-16-14-10(13-15-16)5-4-9-3-1-2-7-12-9/h1-3,7H,4-6,8,11H2. The highest BCUT2D eigenvalue weighted by Crippen LogP contribution is 1.99. The maximum atomic E-state index is 5.40. The van der Waals surface area contributed by atoms with E-state index in [0.717, 1.165) is 24.4 Å². The molecule has 2 heterocycles. The predicted octanol–water partition coefficient (Wildman–Crippen LogP) is -0.188. The van der Waals surface area contributed by atoms with Gasteiger partial charge < -0.3 is 5.73 Å². The third kappa shape index (κ3) is 2.83. The van der Waals surface area contributed by atoms with Gasteiger partial charge in [0.05, 0.1) is 6.54 Å².